The maximum Gasteiger partial charge on any atom is 0.407 e. The molecule has 0 spiro atoms. The normalized spacial score (nSPS) is 15.6. The van der Waals surface area contributed by atoms with Crippen molar-refractivity contribution in [2.45, 2.75) is 6.61 Å². The number of amides is 1. The van der Waals surface area contributed by atoms with Crippen molar-refractivity contribution in [3.8, 4) is 11.5 Å². The Morgan fingerprint density at radius 1 is 1.20 bits per heavy atom. The summed E-state index contributed by atoms with van der Waals surface area (Å²) in [5, 5.41) is 18.4. The second-order valence-electron chi connectivity index (χ2n) is 4.32. The molecule has 1 aromatic carbocycles. The minimum atomic E-state index is -2.96. The highest BCUT2D eigenvalue weighted by Crippen LogP contribution is 2.29. The van der Waals surface area contributed by atoms with Gasteiger partial charge in [0.05, 0.1) is 0 Å². The van der Waals surface area contributed by atoms with Gasteiger partial charge < -0.3 is 24.7 Å². The fraction of sp³-hybridized carbons (Fsp3) is 0.417. The highest BCUT2D eigenvalue weighted by Gasteiger charge is 2.21. The molecule has 2 rings (SSSR count). The zero-order valence-electron chi connectivity index (χ0n) is 10.5. The Labute approximate surface area is 113 Å². The number of hydrogen-bond acceptors (Lipinski definition) is 4. The summed E-state index contributed by atoms with van der Waals surface area (Å²) in [6, 6.07) is 3.92. The van der Waals surface area contributed by atoms with Gasteiger partial charge in [-0.15, -0.1) is 0 Å². The van der Waals surface area contributed by atoms with E-state index in [0.29, 0.717) is 31.9 Å². The number of nitrogens with zero attached hydrogens (tertiary/aromatic N) is 2. The van der Waals surface area contributed by atoms with E-state index >= 15 is 0 Å². The number of ether oxygens (including phenoxy) is 1. The molecule has 0 bridgehead atoms. The lowest BCUT2D eigenvalue weighted by Crippen LogP contribution is -2.48. The van der Waals surface area contributed by atoms with Crippen molar-refractivity contribution >= 4 is 11.8 Å². The maximum atomic E-state index is 12.2. The molecule has 110 valence electrons. The van der Waals surface area contributed by atoms with Crippen molar-refractivity contribution in [1.29, 1.82) is 0 Å². The number of alkyl halides is 2. The average Bonchev–Trinajstić information content (AvgIpc) is 2.37. The van der Waals surface area contributed by atoms with Crippen LogP contribution in [0.3, 0.4) is 0 Å². The molecule has 1 amide bonds. The molecule has 1 fully saturated rings. The molecule has 0 saturated carbocycles. The average molecular weight is 288 g/mol. The largest absolute Gasteiger partial charge is 0.508 e. The van der Waals surface area contributed by atoms with E-state index in [1.165, 1.54) is 17.0 Å². The van der Waals surface area contributed by atoms with Crippen LogP contribution in [0.4, 0.5) is 19.3 Å². The molecule has 1 heterocycles. The van der Waals surface area contributed by atoms with Gasteiger partial charge in [0.1, 0.15) is 11.5 Å². The number of rotatable bonds is 3. The maximum absolute atomic E-state index is 12.2. The number of hydrogen-bond donors (Lipinski definition) is 2. The predicted molar refractivity (Wildman–Crippen MR) is 66.5 cm³/mol. The Morgan fingerprint density at radius 3 is 2.40 bits per heavy atom. The van der Waals surface area contributed by atoms with Crippen molar-refractivity contribution in [1.82, 2.24) is 4.90 Å². The van der Waals surface area contributed by atoms with E-state index in [9.17, 15) is 18.7 Å². The molecular formula is C12H14F2N2O4. The minimum absolute atomic E-state index is 0.129. The number of phenols is 1. The second-order valence-corrected chi connectivity index (χ2v) is 4.32. The summed E-state index contributed by atoms with van der Waals surface area (Å²) < 4.78 is 28.6. The Morgan fingerprint density at radius 2 is 1.85 bits per heavy atom. The smallest absolute Gasteiger partial charge is 0.407 e. The summed E-state index contributed by atoms with van der Waals surface area (Å²) in [6.45, 7) is -1.49. The van der Waals surface area contributed by atoms with Gasteiger partial charge in [-0.3, -0.25) is 0 Å². The van der Waals surface area contributed by atoms with Crippen LogP contribution in [0.5, 0.6) is 11.5 Å². The molecule has 1 aromatic rings. The van der Waals surface area contributed by atoms with Gasteiger partial charge in [0.25, 0.3) is 0 Å². The van der Waals surface area contributed by atoms with Crippen LogP contribution in [0, 0.1) is 0 Å². The molecule has 0 atom stereocenters. The van der Waals surface area contributed by atoms with Gasteiger partial charge in [0, 0.05) is 50.1 Å². The lowest BCUT2D eigenvalue weighted by molar-refractivity contribution is -0.0498. The first-order valence-electron chi connectivity index (χ1n) is 5.97. The van der Waals surface area contributed by atoms with E-state index in [2.05, 4.69) is 4.74 Å². The quantitative estimate of drug-likeness (QED) is 0.887. The van der Waals surface area contributed by atoms with E-state index in [-0.39, 0.29) is 11.5 Å². The van der Waals surface area contributed by atoms with Crippen LogP contribution < -0.4 is 9.64 Å². The van der Waals surface area contributed by atoms with Crippen LogP contribution in [0.25, 0.3) is 0 Å². The number of benzene rings is 1. The second kappa shape index (κ2) is 5.81. The third-order valence-corrected chi connectivity index (χ3v) is 3.02. The topological polar surface area (TPSA) is 73.2 Å². The SMILES string of the molecule is O=C(O)N1CCN(c2cc(O)cc(OC(F)F)c2)CC1. The van der Waals surface area contributed by atoms with Gasteiger partial charge in [0.15, 0.2) is 0 Å². The first kappa shape index (κ1) is 14.2. The van der Waals surface area contributed by atoms with E-state index in [0.717, 1.165) is 6.07 Å². The molecule has 1 saturated heterocycles. The van der Waals surface area contributed by atoms with Crippen LogP contribution in [0.1, 0.15) is 0 Å². The summed E-state index contributed by atoms with van der Waals surface area (Å²) in [5.74, 6) is -0.311. The monoisotopic (exact) mass is 288 g/mol. The Bertz CT molecular complexity index is 490. The first-order valence-corrected chi connectivity index (χ1v) is 5.97. The predicted octanol–water partition coefficient (Wildman–Crippen LogP) is 1.79. The van der Waals surface area contributed by atoms with E-state index in [1.54, 1.807) is 4.90 Å². The summed E-state index contributed by atoms with van der Waals surface area (Å²) in [6.07, 6.45) is -0.984. The highest BCUT2D eigenvalue weighted by molar-refractivity contribution is 5.65. The van der Waals surface area contributed by atoms with Gasteiger partial charge in [-0.1, -0.05) is 0 Å². The number of anilines is 1. The molecule has 0 aliphatic carbocycles. The van der Waals surface area contributed by atoms with Crippen molar-refractivity contribution in [2.75, 3.05) is 31.1 Å². The van der Waals surface area contributed by atoms with Gasteiger partial charge in [-0.05, 0) is 0 Å². The highest BCUT2D eigenvalue weighted by atomic mass is 19.3. The van der Waals surface area contributed by atoms with Crippen LogP contribution in [-0.2, 0) is 0 Å². The molecule has 6 nitrogen and oxygen atoms in total. The van der Waals surface area contributed by atoms with Crippen LogP contribution in [0.2, 0.25) is 0 Å². The molecule has 0 radical (unpaired) electrons. The zero-order chi connectivity index (χ0) is 14.7. The molecular weight excluding hydrogens is 274 g/mol. The Hall–Kier alpha value is -2.25. The molecule has 2 N–H and O–H groups in total. The van der Waals surface area contributed by atoms with Crippen molar-refractivity contribution in [2.24, 2.45) is 0 Å². The van der Waals surface area contributed by atoms with Crippen molar-refractivity contribution < 1.29 is 28.5 Å². The molecule has 1 aliphatic rings. The van der Waals surface area contributed by atoms with E-state index in [1.807, 2.05) is 0 Å². The van der Waals surface area contributed by atoms with Crippen LogP contribution >= 0.6 is 0 Å². The number of piperazine rings is 1. The fourth-order valence-corrected chi connectivity index (χ4v) is 2.08. The Kier molecular flexibility index (Phi) is 4.11. The first-order chi connectivity index (χ1) is 9.45. The molecule has 1 aliphatic heterocycles. The summed E-state index contributed by atoms with van der Waals surface area (Å²) in [7, 11) is 0. The Balaban J connectivity index is 2.09. The lowest BCUT2D eigenvalue weighted by atomic mass is 10.2. The third kappa shape index (κ3) is 3.40. The van der Waals surface area contributed by atoms with Gasteiger partial charge >= 0.3 is 12.7 Å². The third-order valence-electron chi connectivity index (χ3n) is 3.02. The van der Waals surface area contributed by atoms with Gasteiger partial charge in [-0.25, -0.2) is 4.79 Å². The van der Waals surface area contributed by atoms with Crippen molar-refractivity contribution in [3.63, 3.8) is 0 Å². The summed E-state index contributed by atoms with van der Waals surface area (Å²) in [5.41, 5.74) is 0.519. The van der Waals surface area contributed by atoms with E-state index < -0.39 is 12.7 Å². The zero-order valence-corrected chi connectivity index (χ0v) is 10.5. The van der Waals surface area contributed by atoms with Crippen molar-refractivity contribution in [3.05, 3.63) is 18.2 Å². The summed E-state index contributed by atoms with van der Waals surface area (Å²) >= 11 is 0. The fourth-order valence-electron chi connectivity index (χ4n) is 2.08. The number of carbonyl (C=O) groups is 1. The number of carboxylic acid groups (broad SMARTS) is 1. The lowest BCUT2D eigenvalue weighted by Gasteiger charge is -2.34. The number of phenolic OH excluding ortho intramolecular Hbond substituents is 1. The number of aromatic hydroxyl groups is 1. The van der Waals surface area contributed by atoms with E-state index in [4.69, 9.17) is 5.11 Å². The molecule has 0 aromatic heterocycles. The van der Waals surface area contributed by atoms with Crippen LogP contribution in [-0.4, -0.2) is 54.0 Å². The molecule has 0 unspecified atom stereocenters. The summed E-state index contributed by atoms with van der Waals surface area (Å²) in [4.78, 5) is 13.9. The number of halogens is 2. The van der Waals surface area contributed by atoms with Crippen LogP contribution in [0.15, 0.2) is 18.2 Å². The molecule has 20 heavy (non-hydrogen) atoms. The standard InChI is InChI=1S/C12H14F2N2O4/c13-11(14)20-10-6-8(5-9(17)7-10)15-1-3-16(4-2-15)12(18)19/h5-7,11,17H,1-4H2,(H,18,19). The molecule has 8 heteroatoms. The minimum Gasteiger partial charge on any atom is -0.508 e. The van der Waals surface area contributed by atoms with Gasteiger partial charge in [0.2, 0.25) is 0 Å². The van der Waals surface area contributed by atoms with Gasteiger partial charge in [-0.2, -0.15) is 8.78 Å².